The van der Waals surface area contributed by atoms with Crippen molar-refractivity contribution in [2.45, 2.75) is 32.1 Å². The van der Waals surface area contributed by atoms with Gasteiger partial charge in [-0.15, -0.1) is 18.2 Å². The standard InChI is InChI=1S/C21H24N2O2S/c1-2-13-3-9-16(10-4-13)19(22)21-20(23)17(12-26-21)15-7-5-14(6-8-15)11-18(24)25/h1,3-4,9-10,14-15,17,22H,5-8,11-12,23H2,(H,24,25)/t14?,15?,17-/m1/s1. The largest absolute Gasteiger partial charge is 0.481 e. The first-order chi connectivity index (χ1) is 12.5. The summed E-state index contributed by atoms with van der Waals surface area (Å²) in [7, 11) is 0. The molecule has 0 saturated heterocycles. The van der Waals surface area contributed by atoms with E-state index in [1.165, 1.54) is 0 Å². The maximum Gasteiger partial charge on any atom is 0.303 e. The van der Waals surface area contributed by atoms with Crippen LogP contribution in [-0.4, -0.2) is 22.5 Å². The molecule has 0 bridgehead atoms. The molecule has 0 amide bonds. The number of carboxylic acids is 1. The molecule has 5 heteroatoms. The molecule has 26 heavy (non-hydrogen) atoms. The van der Waals surface area contributed by atoms with Crippen molar-refractivity contribution >= 4 is 23.4 Å². The van der Waals surface area contributed by atoms with Gasteiger partial charge in [0.1, 0.15) is 0 Å². The van der Waals surface area contributed by atoms with Gasteiger partial charge in [-0.05, 0) is 49.7 Å². The lowest BCUT2D eigenvalue weighted by molar-refractivity contribution is -0.138. The highest BCUT2D eigenvalue weighted by Gasteiger charge is 2.35. The molecular formula is C21H24N2O2S. The first-order valence-corrected chi connectivity index (χ1v) is 9.98. The van der Waals surface area contributed by atoms with E-state index < -0.39 is 5.97 Å². The lowest BCUT2D eigenvalue weighted by Gasteiger charge is -2.31. The van der Waals surface area contributed by atoms with E-state index in [2.05, 4.69) is 5.92 Å². The maximum atomic E-state index is 10.9. The molecule has 1 aromatic rings. The Hall–Kier alpha value is -2.19. The summed E-state index contributed by atoms with van der Waals surface area (Å²) in [5.41, 5.74) is 9.40. The van der Waals surface area contributed by atoms with Crippen molar-refractivity contribution in [1.82, 2.24) is 0 Å². The number of hydrogen-bond acceptors (Lipinski definition) is 4. The Morgan fingerprint density at radius 1 is 1.27 bits per heavy atom. The summed E-state index contributed by atoms with van der Waals surface area (Å²) in [6, 6.07) is 7.45. The zero-order valence-electron chi connectivity index (χ0n) is 14.7. The van der Waals surface area contributed by atoms with E-state index in [0.29, 0.717) is 23.5 Å². The third-order valence-electron chi connectivity index (χ3n) is 5.56. The predicted molar refractivity (Wildman–Crippen MR) is 106 cm³/mol. The summed E-state index contributed by atoms with van der Waals surface area (Å²) >= 11 is 1.67. The molecule has 1 fully saturated rings. The maximum absolute atomic E-state index is 10.9. The molecule has 1 aliphatic heterocycles. The van der Waals surface area contributed by atoms with Crippen molar-refractivity contribution in [1.29, 1.82) is 5.41 Å². The number of hydrogen-bond donors (Lipinski definition) is 3. The van der Waals surface area contributed by atoms with E-state index in [1.807, 2.05) is 24.3 Å². The van der Waals surface area contributed by atoms with Crippen LogP contribution in [0.1, 0.15) is 43.2 Å². The smallest absolute Gasteiger partial charge is 0.303 e. The second-order valence-corrected chi connectivity index (χ2v) is 8.21. The fourth-order valence-corrected chi connectivity index (χ4v) is 5.41. The molecule has 4 nitrogen and oxygen atoms in total. The van der Waals surface area contributed by atoms with E-state index in [0.717, 1.165) is 53.2 Å². The molecule has 0 radical (unpaired) electrons. The van der Waals surface area contributed by atoms with Crippen LogP contribution in [0.3, 0.4) is 0 Å². The number of terminal acetylenes is 1. The van der Waals surface area contributed by atoms with Gasteiger partial charge in [0, 0.05) is 34.9 Å². The number of allylic oxidation sites excluding steroid dienone is 2. The number of rotatable bonds is 5. The van der Waals surface area contributed by atoms with Crippen LogP contribution >= 0.6 is 11.8 Å². The molecule has 4 N–H and O–H groups in total. The minimum Gasteiger partial charge on any atom is -0.481 e. The highest BCUT2D eigenvalue weighted by molar-refractivity contribution is 8.04. The fourth-order valence-electron chi connectivity index (χ4n) is 4.03. The Bertz CT molecular complexity index is 768. The summed E-state index contributed by atoms with van der Waals surface area (Å²) in [4.78, 5) is 11.8. The highest BCUT2D eigenvalue weighted by atomic mass is 32.2. The van der Waals surface area contributed by atoms with Crippen LogP contribution in [0.4, 0.5) is 0 Å². The number of thioether (sulfide) groups is 1. The molecule has 136 valence electrons. The quantitative estimate of drug-likeness (QED) is 0.544. The van der Waals surface area contributed by atoms with Gasteiger partial charge in [0.05, 0.1) is 10.6 Å². The van der Waals surface area contributed by atoms with Crippen molar-refractivity contribution in [3.63, 3.8) is 0 Å². The lowest BCUT2D eigenvalue weighted by atomic mass is 9.74. The first kappa shape index (κ1) is 18.6. The van der Waals surface area contributed by atoms with Crippen LogP contribution in [-0.2, 0) is 4.79 Å². The van der Waals surface area contributed by atoms with E-state index in [4.69, 9.17) is 22.7 Å². The van der Waals surface area contributed by atoms with Gasteiger partial charge in [0.25, 0.3) is 0 Å². The van der Waals surface area contributed by atoms with Crippen LogP contribution in [0.25, 0.3) is 0 Å². The number of aliphatic carboxylic acids is 1. The Morgan fingerprint density at radius 2 is 1.92 bits per heavy atom. The molecule has 0 aromatic heterocycles. The van der Waals surface area contributed by atoms with E-state index in [1.54, 1.807) is 11.8 Å². The summed E-state index contributed by atoms with van der Waals surface area (Å²) in [6.07, 6.45) is 9.65. The molecule has 2 aliphatic rings. The Labute approximate surface area is 158 Å². The van der Waals surface area contributed by atoms with Crippen LogP contribution in [0.2, 0.25) is 0 Å². The van der Waals surface area contributed by atoms with Crippen molar-refractivity contribution in [2.75, 3.05) is 5.75 Å². The minimum atomic E-state index is -0.698. The second-order valence-electron chi connectivity index (χ2n) is 7.18. The molecule has 1 aliphatic carbocycles. The topological polar surface area (TPSA) is 87.2 Å². The van der Waals surface area contributed by atoms with Gasteiger partial charge in [-0.2, -0.15) is 0 Å². The second kappa shape index (κ2) is 8.01. The summed E-state index contributed by atoms with van der Waals surface area (Å²) in [6.45, 7) is 0. The molecule has 1 saturated carbocycles. The number of benzene rings is 1. The van der Waals surface area contributed by atoms with Gasteiger partial charge in [0.2, 0.25) is 0 Å². The Morgan fingerprint density at radius 3 is 2.50 bits per heavy atom. The number of nitrogens with two attached hydrogens (primary N) is 1. The Kier molecular flexibility index (Phi) is 5.73. The number of nitrogens with one attached hydrogen (secondary N) is 1. The van der Waals surface area contributed by atoms with Crippen LogP contribution in [0, 0.1) is 35.5 Å². The van der Waals surface area contributed by atoms with E-state index in [9.17, 15) is 4.79 Å². The van der Waals surface area contributed by atoms with Crippen molar-refractivity contribution < 1.29 is 9.90 Å². The SMILES string of the molecule is C#Cc1ccc(C(=N)C2=C(N)[C@@H](C3CCC(CC(=O)O)CC3)CS2)cc1. The van der Waals surface area contributed by atoms with Gasteiger partial charge < -0.3 is 10.8 Å². The van der Waals surface area contributed by atoms with Crippen molar-refractivity contribution in [2.24, 2.45) is 23.5 Å². The molecule has 0 spiro atoms. The van der Waals surface area contributed by atoms with Gasteiger partial charge in [-0.1, -0.05) is 18.1 Å². The third-order valence-corrected chi connectivity index (χ3v) is 6.81. The molecular weight excluding hydrogens is 344 g/mol. The third kappa shape index (κ3) is 3.96. The van der Waals surface area contributed by atoms with Gasteiger partial charge in [0.15, 0.2) is 0 Å². The highest BCUT2D eigenvalue weighted by Crippen LogP contribution is 2.44. The lowest BCUT2D eigenvalue weighted by Crippen LogP contribution is -2.27. The molecule has 0 unspecified atom stereocenters. The zero-order chi connectivity index (χ0) is 18.7. The summed E-state index contributed by atoms with van der Waals surface area (Å²) in [5, 5.41) is 17.5. The number of carboxylic acid groups (broad SMARTS) is 1. The van der Waals surface area contributed by atoms with Crippen molar-refractivity contribution in [3.05, 3.63) is 46.0 Å². The van der Waals surface area contributed by atoms with E-state index >= 15 is 0 Å². The molecule has 1 heterocycles. The Balaban J connectivity index is 1.67. The normalized spacial score (nSPS) is 25.7. The fraction of sp³-hybridized carbons (Fsp3) is 0.429. The van der Waals surface area contributed by atoms with E-state index in [-0.39, 0.29) is 6.42 Å². The average molecular weight is 369 g/mol. The first-order valence-electron chi connectivity index (χ1n) is 8.99. The van der Waals surface area contributed by atoms with Gasteiger partial charge in [-0.25, -0.2) is 0 Å². The van der Waals surface area contributed by atoms with Gasteiger partial charge >= 0.3 is 5.97 Å². The zero-order valence-corrected chi connectivity index (χ0v) is 15.5. The van der Waals surface area contributed by atoms with Crippen LogP contribution < -0.4 is 5.73 Å². The van der Waals surface area contributed by atoms with Gasteiger partial charge in [-0.3, -0.25) is 10.2 Å². The molecule has 3 rings (SSSR count). The minimum absolute atomic E-state index is 0.279. The van der Waals surface area contributed by atoms with Crippen LogP contribution in [0.5, 0.6) is 0 Å². The summed E-state index contributed by atoms with van der Waals surface area (Å²) < 4.78 is 0. The van der Waals surface area contributed by atoms with Crippen molar-refractivity contribution in [3.8, 4) is 12.3 Å². The monoisotopic (exact) mass is 368 g/mol. The molecule has 1 atom stereocenters. The predicted octanol–water partition coefficient (Wildman–Crippen LogP) is 3.85. The molecule has 1 aromatic carbocycles. The summed E-state index contributed by atoms with van der Waals surface area (Å²) in [5.74, 6) is 3.91. The number of carbonyl (C=O) groups is 1. The average Bonchev–Trinajstić information content (AvgIpc) is 3.03. The van der Waals surface area contributed by atoms with Crippen LogP contribution in [0.15, 0.2) is 34.9 Å².